The predicted octanol–water partition coefficient (Wildman–Crippen LogP) is 3.36. The van der Waals surface area contributed by atoms with Gasteiger partial charge < -0.3 is 15.5 Å². The molecule has 2 aromatic rings. The number of aromatic hydroxyl groups is 2. The molecule has 20 heavy (non-hydrogen) atoms. The highest BCUT2D eigenvalue weighted by atomic mass is 35.5. The summed E-state index contributed by atoms with van der Waals surface area (Å²) in [6.45, 7) is 1.72. The van der Waals surface area contributed by atoms with Crippen LogP contribution in [-0.2, 0) is 0 Å². The Morgan fingerprint density at radius 3 is 2.30 bits per heavy atom. The van der Waals surface area contributed by atoms with Gasteiger partial charge in [0, 0.05) is 11.6 Å². The molecule has 104 valence electrons. The Morgan fingerprint density at radius 2 is 1.75 bits per heavy atom. The van der Waals surface area contributed by atoms with Crippen LogP contribution in [0.1, 0.15) is 15.9 Å². The molecule has 7 heteroatoms. The number of hydrogen-bond donors (Lipinski definition) is 3. The first kappa shape index (κ1) is 14.4. The predicted molar refractivity (Wildman–Crippen MR) is 76.7 cm³/mol. The van der Waals surface area contributed by atoms with Gasteiger partial charge in [0.1, 0.15) is 16.7 Å². The zero-order chi connectivity index (χ0) is 14.9. The van der Waals surface area contributed by atoms with Gasteiger partial charge in [0.2, 0.25) is 0 Å². The molecule has 0 aliphatic carbocycles. The summed E-state index contributed by atoms with van der Waals surface area (Å²) >= 11 is 11.7. The Labute approximate surface area is 124 Å². The molecule has 5 nitrogen and oxygen atoms in total. The van der Waals surface area contributed by atoms with Crippen molar-refractivity contribution >= 4 is 34.8 Å². The number of phenols is 2. The van der Waals surface area contributed by atoms with Crippen LogP contribution in [0.15, 0.2) is 24.3 Å². The molecule has 2 rings (SSSR count). The first-order chi connectivity index (χ1) is 9.36. The third kappa shape index (κ3) is 3.12. The van der Waals surface area contributed by atoms with Gasteiger partial charge in [0.05, 0.1) is 5.69 Å². The number of aromatic nitrogens is 1. The molecule has 1 aromatic carbocycles. The molecule has 0 saturated carbocycles. The van der Waals surface area contributed by atoms with Crippen LogP contribution in [0.4, 0.5) is 5.69 Å². The second-order valence-corrected chi connectivity index (χ2v) is 4.87. The lowest BCUT2D eigenvalue weighted by Gasteiger charge is -2.10. The van der Waals surface area contributed by atoms with Gasteiger partial charge in [-0.05, 0) is 30.7 Å². The minimum absolute atomic E-state index is 0.0627. The summed E-state index contributed by atoms with van der Waals surface area (Å²) < 4.78 is 0. The third-order valence-corrected chi connectivity index (χ3v) is 3.01. The summed E-state index contributed by atoms with van der Waals surface area (Å²) in [7, 11) is 0. The molecule has 1 amide bonds. The monoisotopic (exact) mass is 312 g/mol. The van der Waals surface area contributed by atoms with Crippen LogP contribution in [0.5, 0.6) is 11.5 Å². The zero-order valence-electron chi connectivity index (χ0n) is 10.3. The fraction of sp³-hybridized carbons (Fsp3) is 0.0769. The number of carbonyl (C=O) groups is 1. The Morgan fingerprint density at radius 1 is 1.15 bits per heavy atom. The maximum atomic E-state index is 12.1. The van der Waals surface area contributed by atoms with Crippen molar-refractivity contribution in [3.63, 3.8) is 0 Å². The van der Waals surface area contributed by atoms with Crippen molar-refractivity contribution in [2.75, 3.05) is 5.32 Å². The number of halogens is 2. The van der Waals surface area contributed by atoms with E-state index in [1.807, 2.05) is 0 Å². The molecule has 0 radical (unpaired) electrons. The van der Waals surface area contributed by atoms with Crippen LogP contribution in [0, 0.1) is 6.92 Å². The lowest BCUT2D eigenvalue weighted by Crippen LogP contribution is -2.13. The van der Waals surface area contributed by atoms with Crippen LogP contribution in [0.2, 0.25) is 10.3 Å². The van der Waals surface area contributed by atoms with Gasteiger partial charge in [-0.2, -0.15) is 0 Å². The molecule has 0 aliphatic heterocycles. The molecule has 0 spiro atoms. The van der Waals surface area contributed by atoms with E-state index in [2.05, 4.69) is 10.3 Å². The van der Waals surface area contributed by atoms with Crippen LogP contribution in [0.3, 0.4) is 0 Å². The minimum atomic E-state index is -0.537. The molecule has 0 fully saturated rings. The number of rotatable bonds is 2. The Hall–Kier alpha value is -1.98. The second kappa shape index (κ2) is 5.56. The Balaban J connectivity index is 2.32. The van der Waals surface area contributed by atoms with E-state index in [9.17, 15) is 15.0 Å². The van der Waals surface area contributed by atoms with Gasteiger partial charge in [-0.25, -0.2) is 4.98 Å². The summed E-state index contributed by atoms with van der Waals surface area (Å²) in [6, 6.07) is 5.13. The standard InChI is InChI=1S/C13H10Cl2N2O3/c1-6-2-10(14)16-12(15)11(6)17-13(20)7-3-8(18)5-9(19)4-7/h2-5,18-19H,1H3,(H,17,20). The smallest absolute Gasteiger partial charge is 0.256 e. The zero-order valence-corrected chi connectivity index (χ0v) is 11.8. The molecule has 1 heterocycles. The van der Waals surface area contributed by atoms with Crippen LogP contribution < -0.4 is 5.32 Å². The molecular formula is C13H10Cl2N2O3. The van der Waals surface area contributed by atoms with Gasteiger partial charge in [-0.15, -0.1) is 0 Å². The van der Waals surface area contributed by atoms with E-state index in [4.69, 9.17) is 23.2 Å². The maximum Gasteiger partial charge on any atom is 0.256 e. The number of phenolic OH excluding ortho intramolecular Hbond substituents is 2. The lowest BCUT2D eigenvalue weighted by atomic mass is 10.1. The Kier molecular flexibility index (Phi) is 4.01. The second-order valence-electron chi connectivity index (χ2n) is 4.12. The summed E-state index contributed by atoms with van der Waals surface area (Å²) in [5.41, 5.74) is 1.06. The van der Waals surface area contributed by atoms with Gasteiger partial charge >= 0.3 is 0 Å². The topological polar surface area (TPSA) is 82.5 Å². The van der Waals surface area contributed by atoms with Gasteiger partial charge in [-0.3, -0.25) is 4.79 Å². The highest BCUT2D eigenvalue weighted by Gasteiger charge is 2.14. The summed E-state index contributed by atoms with van der Waals surface area (Å²) in [6.07, 6.45) is 0. The van der Waals surface area contributed by atoms with Crippen molar-refractivity contribution in [3.05, 3.63) is 45.7 Å². The fourth-order valence-electron chi connectivity index (χ4n) is 1.66. The molecule has 1 aromatic heterocycles. The molecule has 0 unspecified atom stereocenters. The molecule has 0 aliphatic rings. The number of hydrogen-bond acceptors (Lipinski definition) is 4. The normalized spacial score (nSPS) is 10.3. The van der Waals surface area contributed by atoms with E-state index in [1.165, 1.54) is 12.1 Å². The largest absolute Gasteiger partial charge is 0.508 e. The molecular weight excluding hydrogens is 303 g/mol. The first-order valence-electron chi connectivity index (χ1n) is 5.54. The van der Waals surface area contributed by atoms with Gasteiger partial charge in [0.15, 0.2) is 5.15 Å². The third-order valence-electron chi connectivity index (χ3n) is 2.54. The highest BCUT2D eigenvalue weighted by Crippen LogP contribution is 2.28. The van der Waals surface area contributed by atoms with E-state index in [0.29, 0.717) is 11.3 Å². The van der Waals surface area contributed by atoms with Crippen molar-refractivity contribution in [1.29, 1.82) is 0 Å². The van der Waals surface area contributed by atoms with Gasteiger partial charge in [-0.1, -0.05) is 23.2 Å². The fourth-order valence-corrected chi connectivity index (χ4v) is 2.24. The maximum absolute atomic E-state index is 12.1. The van der Waals surface area contributed by atoms with E-state index in [0.717, 1.165) is 6.07 Å². The van der Waals surface area contributed by atoms with Crippen LogP contribution >= 0.6 is 23.2 Å². The molecule has 0 bridgehead atoms. The average molecular weight is 313 g/mol. The summed E-state index contributed by atoms with van der Waals surface area (Å²) in [5, 5.41) is 21.6. The van der Waals surface area contributed by atoms with E-state index in [-0.39, 0.29) is 27.4 Å². The number of amides is 1. The Bertz CT molecular complexity index is 646. The molecule has 0 saturated heterocycles. The number of nitrogens with zero attached hydrogens (tertiary/aromatic N) is 1. The number of carbonyl (C=O) groups excluding carboxylic acids is 1. The van der Waals surface area contributed by atoms with Crippen molar-refractivity contribution in [1.82, 2.24) is 4.98 Å². The van der Waals surface area contributed by atoms with Crippen LogP contribution in [0.25, 0.3) is 0 Å². The number of benzene rings is 1. The summed E-state index contributed by atoms with van der Waals surface area (Å²) in [5.74, 6) is -0.968. The van der Waals surface area contributed by atoms with E-state index < -0.39 is 5.91 Å². The van der Waals surface area contributed by atoms with Crippen LogP contribution in [-0.4, -0.2) is 21.1 Å². The highest BCUT2D eigenvalue weighted by molar-refractivity contribution is 6.35. The van der Waals surface area contributed by atoms with Crippen molar-refractivity contribution < 1.29 is 15.0 Å². The van der Waals surface area contributed by atoms with E-state index >= 15 is 0 Å². The molecule has 3 N–H and O–H groups in total. The minimum Gasteiger partial charge on any atom is -0.508 e. The quantitative estimate of drug-likeness (QED) is 0.743. The average Bonchev–Trinajstić information content (AvgIpc) is 2.32. The van der Waals surface area contributed by atoms with Crippen molar-refractivity contribution in [2.45, 2.75) is 6.92 Å². The number of nitrogens with one attached hydrogen (secondary N) is 1. The van der Waals surface area contributed by atoms with E-state index in [1.54, 1.807) is 13.0 Å². The van der Waals surface area contributed by atoms with Crippen molar-refractivity contribution in [2.24, 2.45) is 0 Å². The molecule has 0 atom stereocenters. The first-order valence-corrected chi connectivity index (χ1v) is 6.29. The number of pyridine rings is 1. The SMILES string of the molecule is Cc1cc(Cl)nc(Cl)c1NC(=O)c1cc(O)cc(O)c1. The summed E-state index contributed by atoms with van der Waals surface area (Å²) in [4.78, 5) is 15.9. The van der Waals surface area contributed by atoms with Gasteiger partial charge in [0.25, 0.3) is 5.91 Å². The number of anilines is 1. The van der Waals surface area contributed by atoms with Crippen molar-refractivity contribution in [3.8, 4) is 11.5 Å². The lowest BCUT2D eigenvalue weighted by molar-refractivity contribution is 0.102. The number of aryl methyl sites for hydroxylation is 1.